The maximum atomic E-state index is 13.6. The van der Waals surface area contributed by atoms with Crippen molar-refractivity contribution < 1.29 is 41.8 Å². The number of hydrogen-bond donors (Lipinski definition) is 0. The molecule has 57 heavy (non-hydrogen) atoms. The summed E-state index contributed by atoms with van der Waals surface area (Å²) >= 11 is 2.71. The van der Waals surface area contributed by atoms with Gasteiger partial charge >= 0.3 is 6.18 Å². The van der Waals surface area contributed by atoms with Gasteiger partial charge in [-0.3, -0.25) is 19.2 Å². The third-order valence-electron chi connectivity index (χ3n) is 11.1. The first-order chi connectivity index (χ1) is 26.9. The number of benzene rings is 2. The number of carbonyl (C=O) groups excluding carboxylic acids is 4. The molecule has 0 saturated heterocycles. The Bertz CT molecular complexity index is 2840. The van der Waals surface area contributed by atoms with Crippen LogP contribution in [0, 0.1) is 18.8 Å². The molecule has 2 aromatic heterocycles. The van der Waals surface area contributed by atoms with Crippen molar-refractivity contribution in [3.63, 3.8) is 0 Å². The molecule has 2 aliphatic heterocycles. The lowest BCUT2D eigenvalue weighted by atomic mass is 9.77. The number of ether oxygens (including phenoxy) is 2. The van der Waals surface area contributed by atoms with Crippen molar-refractivity contribution in [2.24, 2.45) is 11.8 Å². The Morgan fingerprint density at radius 2 is 1.09 bits per heavy atom. The second-order valence-corrected chi connectivity index (χ2v) is 17.9. The summed E-state index contributed by atoms with van der Waals surface area (Å²) in [5, 5.41) is 0.944. The van der Waals surface area contributed by atoms with Gasteiger partial charge in [-0.05, 0) is 88.2 Å². The first kappa shape index (κ1) is 35.6. The van der Waals surface area contributed by atoms with Gasteiger partial charge in [0, 0.05) is 45.3 Å². The van der Waals surface area contributed by atoms with Gasteiger partial charge in [-0.25, -0.2) is 9.97 Å². The van der Waals surface area contributed by atoms with Gasteiger partial charge in [0.1, 0.15) is 44.1 Å². The molecular formula is C44H29F3N2O6S2. The Morgan fingerprint density at radius 1 is 0.632 bits per heavy atom. The highest BCUT2D eigenvalue weighted by molar-refractivity contribution is 7.14. The highest BCUT2D eigenvalue weighted by Crippen LogP contribution is 2.54. The molecule has 284 valence electrons. The number of thiazole rings is 2. The molecule has 0 amide bonds. The van der Waals surface area contributed by atoms with Crippen LogP contribution in [0.25, 0.3) is 34.4 Å². The van der Waals surface area contributed by atoms with Gasteiger partial charge in [-0.1, -0.05) is 35.9 Å². The first-order valence-electron chi connectivity index (χ1n) is 18.1. The average molecular weight is 803 g/mol. The van der Waals surface area contributed by atoms with Gasteiger partial charge in [0.2, 0.25) is 23.1 Å². The Balaban J connectivity index is 1.01. The van der Waals surface area contributed by atoms with Crippen molar-refractivity contribution in [1.82, 2.24) is 9.97 Å². The van der Waals surface area contributed by atoms with Crippen molar-refractivity contribution in [1.29, 1.82) is 0 Å². The van der Waals surface area contributed by atoms with E-state index in [0.29, 0.717) is 43.9 Å². The zero-order chi connectivity index (χ0) is 40.1. The van der Waals surface area contributed by atoms with Gasteiger partial charge in [0.25, 0.3) is 0 Å². The second kappa shape index (κ2) is 11.6. The van der Waals surface area contributed by atoms with E-state index in [2.05, 4.69) is 24.3 Å². The van der Waals surface area contributed by atoms with E-state index in [1.165, 1.54) is 28.7 Å². The van der Waals surface area contributed by atoms with E-state index in [4.69, 9.17) is 19.4 Å². The number of ketones is 4. The number of nitrogens with zero attached hydrogens (tertiary/aromatic N) is 2. The number of aromatic nitrogens is 2. The second-order valence-electron chi connectivity index (χ2n) is 15.8. The van der Waals surface area contributed by atoms with Crippen LogP contribution >= 0.6 is 22.7 Å². The Labute approximate surface area is 331 Å². The van der Waals surface area contributed by atoms with Crippen LogP contribution in [0.15, 0.2) is 72.2 Å². The highest BCUT2D eigenvalue weighted by atomic mass is 32.1. The molecule has 4 heterocycles. The van der Waals surface area contributed by atoms with E-state index >= 15 is 0 Å². The quantitative estimate of drug-likeness (QED) is 0.146. The molecule has 2 unspecified atom stereocenters. The molecule has 0 saturated carbocycles. The number of rotatable bonds is 2. The number of halogens is 3. The highest BCUT2D eigenvalue weighted by Gasteiger charge is 2.45. The Morgan fingerprint density at radius 3 is 1.56 bits per heavy atom. The number of alkyl halides is 3. The van der Waals surface area contributed by atoms with Crippen molar-refractivity contribution in [3.05, 3.63) is 137 Å². The van der Waals surface area contributed by atoms with Gasteiger partial charge in [-0.15, -0.1) is 22.7 Å². The van der Waals surface area contributed by atoms with E-state index < -0.39 is 46.1 Å². The van der Waals surface area contributed by atoms with Crippen LogP contribution in [0.5, 0.6) is 0 Å². The van der Waals surface area contributed by atoms with E-state index in [1.807, 2.05) is 46.8 Å². The van der Waals surface area contributed by atoms with Gasteiger partial charge in [0.15, 0.2) is 0 Å². The van der Waals surface area contributed by atoms with E-state index in [1.54, 1.807) is 12.1 Å². The minimum atomic E-state index is -4.65. The summed E-state index contributed by atoms with van der Waals surface area (Å²) in [5.74, 6) is -1.74. The third-order valence-corrected chi connectivity index (χ3v) is 13.1. The molecular weight excluding hydrogens is 774 g/mol. The zero-order valence-corrected chi connectivity index (χ0v) is 32.5. The van der Waals surface area contributed by atoms with Crippen LogP contribution in [0.3, 0.4) is 0 Å². The molecule has 0 radical (unpaired) electrons. The molecule has 2 aromatic carbocycles. The van der Waals surface area contributed by atoms with E-state index in [-0.39, 0.29) is 28.5 Å². The molecule has 4 aliphatic carbocycles. The van der Waals surface area contributed by atoms with Crippen LogP contribution in [-0.2, 0) is 36.4 Å². The monoisotopic (exact) mass is 802 g/mol. The minimum Gasteiger partial charge on any atom is -0.481 e. The van der Waals surface area contributed by atoms with Crippen LogP contribution in [0.2, 0.25) is 0 Å². The largest absolute Gasteiger partial charge is 0.481 e. The molecule has 2 atom stereocenters. The lowest BCUT2D eigenvalue weighted by Gasteiger charge is -2.40. The average Bonchev–Trinajstić information content (AvgIpc) is 3.89. The maximum Gasteiger partial charge on any atom is 0.416 e. The van der Waals surface area contributed by atoms with Crippen molar-refractivity contribution >= 4 is 80.3 Å². The summed E-state index contributed by atoms with van der Waals surface area (Å²) in [6, 6.07) is 8.06. The van der Waals surface area contributed by atoms with Crippen LogP contribution < -0.4 is 0 Å². The SMILES string of the molecule is Cc1ccc2c(c1)/C(=C/c1nc3c(s1)C1=CC4C=C5OC(C)(C)c6nc(/C=C7\C(=O)C(=O)c8ccc(C(F)(F)F)cc87)sc6C5=CC4C=C1OC3(C)C)C(=O)C2=O. The van der Waals surface area contributed by atoms with E-state index in [0.717, 1.165) is 50.4 Å². The lowest BCUT2D eigenvalue weighted by molar-refractivity contribution is -0.137. The molecule has 13 heteroatoms. The van der Waals surface area contributed by atoms with Gasteiger partial charge in [0.05, 0.1) is 15.3 Å². The van der Waals surface area contributed by atoms with Crippen LogP contribution in [-0.4, -0.2) is 33.1 Å². The molecule has 10 rings (SSSR count). The molecule has 6 aliphatic rings. The fourth-order valence-corrected chi connectivity index (χ4v) is 10.7. The molecule has 0 bridgehead atoms. The predicted molar refractivity (Wildman–Crippen MR) is 209 cm³/mol. The summed E-state index contributed by atoms with van der Waals surface area (Å²) in [4.78, 5) is 63.1. The van der Waals surface area contributed by atoms with Crippen molar-refractivity contribution in [2.45, 2.75) is 52.0 Å². The predicted octanol–water partition coefficient (Wildman–Crippen LogP) is 9.56. The zero-order valence-electron chi connectivity index (χ0n) is 30.9. The smallest absolute Gasteiger partial charge is 0.416 e. The topological polar surface area (TPSA) is 113 Å². The number of aryl methyl sites for hydroxylation is 1. The third kappa shape index (κ3) is 5.31. The fourth-order valence-electron chi connectivity index (χ4n) is 8.28. The minimum absolute atomic E-state index is 0.0638. The van der Waals surface area contributed by atoms with Crippen molar-refractivity contribution in [2.75, 3.05) is 0 Å². The molecule has 0 fully saturated rings. The Hall–Kier alpha value is -5.79. The van der Waals surface area contributed by atoms with E-state index in [9.17, 15) is 32.3 Å². The van der Waals surface area contributed by atoms with Crippen molar-refractivity contribution in [3.8, 4) is 0 Å². The molecule has 4 aromatic rings. The van der Waals surface area contributed by atoms with Gasteiger partial charge in [-0.2, -0.15) is 13.2 Å². The number of allylic oxidation sites excluding steroid dienone is 8. The normalized spacial score (nSPS) is 23.6. The number of Topliss-reactive ketones (excluding diaryl/α,β-unsaturated/α-hetero) is 4. The summed E-state index contributed by atoms with van der Waals surface area (Å²) < 4.78 is 54.0. The molecule has 0 N–H and O–H groups in total. The fraction of sp³-hybridized carbons (Fsp3) is 0.227. The number of carbonyl (C=O) groups is 4. The first-order valence-corrected chi connectivity index (χ1v) is 19.7. The maximum absolute atomic E-state index is 13.6. The summed E-state index contributed by atoms with van der Waals surface area (Å²) in [6.07, 6.45) is 6.80. The summed E-state index contributed by atoms with van der Waals surface area (Å²) in [7, 11) is 0. The Kier molecular flexibility index (Phi) is 7.27. The number of hydrogen-bond acceptors (Lipinski definition) is 10. The summed E-state index contributed by atoms with van der Waals surface area (Å²) in [5.41, 5.74) is 2.35. The van der Waals surface area contributed by atoms with Gasteiger partial charge < -0.3 is 9.47 Å². The molecule has 0 spiro atoms. The van der Waals surface area contributed by atoms with Crippen LogP contribution in [0.4, 0.5) is 13.2 Å². The standard InChI is InChI=1S/C44H29F3N2O6S2/c1-18-6-8-22-24(10-18)26(36(52)34(22)50)16-32-48-40-38(56-32)28-11-19-14-31-29(12-20(19)13-30(28)54-42(40,2)3)39-41(43(4,5)55-31)49-33(57-39)17-27-25-15-21(44(45,46)47)7-9-23(25)35(51)37(27)53/h6-17,19-20H,1-5H3/b26-16-,27-17-. The lowest BCUT2D eigenvalue weighted by Crippen LogP contribution is -2.32. The van der Waals surface area contributed by atoms with Crippen LogP contribution in [0.1, 0.15) is 102 Å². The number of fused-ring (bicyclic) bond motifs is 9. The molecule has 8 nitrogen and oxygen atoms in total. The summed E-state index contributed by atoms with van der Waals surface area (Å²) in [6.45, 7) is 9.54.